The second-order valence-electron chi connectivity index (χ2n) is 1.97. The van der Waals surface area contributed by atoms with Crippen LogP contribution in [0.25, 0.3) is 0 Å². The normalized spacial score (nSPS) is 9.45. The zero-order chi connectivity index (χ0) is 8.10. The summed E-state index contributed by atoms with van der Waals surface area (Å²) >= 11 is 0.0279. The van der Waals surface area contributed by atoms with Gasteiger partial charge in [-0.15, -0.1) is 0 Å². The minimum atomic E-state index is -0.964. The summed E-state index contributed by atoms with van der Waals surface area (Å²) in [6.07, 6.45) is 0. The first kappa shape index (κ1) is 8.31. The molecule has 0 aliphatic heterocycles. The van der Waals surface area contributed by atoms with Crippen molar-refractivity contribution < 1.29 is 9.90 Å². The first-order valence-corrected chi connectivity index (χ1v) is 5.23. The molecule has 0 radical (unpaired) electrons. The summed E-state index contributed by atoms with van der Waals surface area (Å²) in [6, 6.07) is 9.60. The van der Waals surface area contributed by atoms with Gasteiger partial charge in [0.15, 0.2) is 0 Å². The quantitative estimate of drug-likeness (QED) is 0.617. The van der Waals surface area contributed by atoms with Crippen LogP contribution in [0, 0.1) is 0 Å². The van der Waals surface area contributed by atoms with Crippen molar-refractivity contribution in [2.45, 2.75) is 5.32 Å². The second kappa shape index (κ2) is 4.16. The van der Waals surface area contributed by atoms with Gasteiger partial charge >= 0.3 is 70.9 Å². The molecule has 0 N–H and O–H groups in total. The third-order valence-electron chi connectivity index (χ3n) is 1.10. The monoisotopic (exact) mass is 215 g/mol. The summed E-state index contributed by atoms with van der Waals surface area (Å²) in [4.78, 5) is 10.1. The Balaban J connectivity index is 2.45. The van der Waals surface area contributed by atoms with Crippen LogP contribution in [-0.2, 0) is 4.79 Å². The molecule has 0 aliphatic carbocycles. The van der Waals surface area contributed by atoms with Crippen LogP contribution in [0.1, 0.15) is 0 Å². The van der Waals surface area contributed by atoms with Gasteiger partial charge in [-0.3, -0.25) is 0 Å². The SMILES string of the molecule is O=C([O-])C[Se]c1ccccc1. The summed E-state index contributed by atoms with van der Waals surface area (Å²) in [7, 11) is 0. The molecule has 0 aromatic heterocycles. The molecule has 2 nitrogen and oxygen atoms in total. The van der Waals surface area contributed by atoms with E-state index in [1.54, 1.807) is 0 Å². The van der Waals surface area contributed by atoms with Crippen molar-refractivity contribution in [1.29, 1.82) is 0 Å². The average Bonchev–Trinajstić information content (AvgIpc) is 2.03. The van der Waals surface area contributed by atoms with Crippen molar-refractivity contribution in [3.63, 3.8) is 0 Å². The van der Waals surface area contributed by atoms with Gasteiger partial charge < -0.3 is 0 Å². The van der Waals surface area contributed by atoms with Crippen molar-refractivity contribution in [3.8, 4) is 0 Å². The number of hydrogen-bond donors (Lipinski definition) is 0. The first-order valence-electron chi connectivity index (χ1n) is 3.17. The average molecular weight is 214 g/mol. The Morgan fingerprint density at radius 2 is 2.00 bits per heavy atom. The predicted molar refractivity (Wildman–Crippen MR) is 41.6 cm³/mol. The van der Waals surface area contributed by atoms with E-state index in [0.717, 1.165) is 4.46 Å². The van der Waals surface area contributed by atoms with Gasteiger partial charge in [0.05, 0.1) is 0 Å². The van der Waals surface area contributed by atoms with Crippen LogP contribution in [0.5, 0.6) is 0 Å². The van der Waals surface area contributed by atoms with Gasteiger partial charge in [-0.25, -0.2) is 0 Å². The third-order valence-corrected chi connectivity index (χ3v) is 3.17. The Morgan fingerprint density at radius 3 is 2.55 bits per heavy atom. The van der Waals surface area contributed by atoms with Crippen LogP contribution < -0.4 is 9.57 Å². The van der Waals surface area contributed by atoms with E-state index in [4.69, 9.17) is 0 Å². The van der Waals surface area contributed by atoms with Crippen molar-refractivity contribution >= 4 is 25.4 Å². The molecule has 0 atom stereocenters. The Morgan fingerprint density at radius 1 is 1.36 bits per heavy atom. The van der Waals surface area contributed by atoms with Crippen LogP contribution in [0.15, 0.2) is 30.3 Å². The van der Waals surface area contributed by atoms with Gasteiger partial charge in [0.1, 0.15) is 0 Å². The molecule has 1 aromatic rings. The number of rotatable bonds is 3. The molecule has 1 aromatic carbocycles. The van der Waals surface area contributed by atoms with E-state index in [0.29, 0.717) is 0 Å². The molecule has 0 aliphatic rings. The van der Waals surface area contributed by atoms with Crippen LogP contribution >= 0.6 is 0 Å². The summed E-state index contributed by atoms with van der Waals surface area (Å²) in [6.45, 7) is 0. The number of carboxylic acids is 1. The Labute approximate surface area is 71.4 Å². The van der Waals surface area contributed by atoms with Gasteiger partial charge in [-0.1, -0.05) is 0 Å². The van der Waals surface area contributed by atoms with E-state index in [-0.39, 0.29) is 20.3 Å². The van der Waals surface area contributed by atoms with Crippen molar-refractivity contribution in [2.75, 3.05) is 0 Å². The topological polar surface area (TPSA) is 40.1 Å². The fourth-order valence-electron chi connectivity index (χ4n) is 0.659. The van der Waals surface area contributed by atoms with E-state index in [1.807, 2.05) is 30.3 Å². The molecular formula is C8H7O2Se-. The summed E-state index contributed by atoms with van der Waals surface area (Å²) < 4.78 is 1.10. The summed E-state index contributed by atoms with van der Waals surface area (Å²) in [5, 5.41) is 10.2. The second-order valence-corrected chi connectivity index (χ2v) is 4.17. The van der Waals surface area contributed by atoms with E-state index in [1.165, 1.54) is 0 Å². The van der Waals surface area contributed by atoms with Crippen LogP contribution in [0.3, 0.4) is 0 Å². The van der Waals surface area contributed by atoms with E-state index in [9.17, 15) is 9.90 Å². The molecule has 0 saturated heterocycles. The standard InChI is InChI=1S/C8H8O2Se/c9-8(10)6-11-7-4-2-1-3-5-7/h1-5H,6H2,(H,9,10)/p-1. The summed E-state index contributed by atoms with van der Waals surface area (Å²) in [5.41, 5.74) is 0. The van der Waals surface area contributed by atoms with Gasteiger partial charge in [0, 0.05) is 0 Å². The molecule has 0 fully saturated rings. The number of carbonyl (C=O) groups is 1. The van der Waals surface area contributed by atoms with Gasteiger partial charge in [-0.05, 0) is 0 Å². The van der Waals surface area contributed by atoms with Crippen LogP contribution in [-0.4, -0.2) is 20.9 Å². The maximum absolute atomic E-state index is 10.1. The number of carboxylic acid groups (broad SMARTS) is 1. The van der Waals surface area contributed by atoms with Crippen molar-refractivity contribution in [1.82, 2.24) is 0 Å². The molecular weight excluding hydrogens is 207 g/mol. The number of hydrogen-bond acceptors (Lipinski definition) is 2. The zero-order valence-corrected chi connectivity index (χ0v) is 7.53. The molecule has 11 heavy (non-hydrogen) atoms. The van der Waals surface area contributed by atoms with Crippen molar-refractivity contribution in [3.05, 3.63) is 30.3 Å². The molecule has 0 bridgehead atoms. The molecule has 1 rings (SSSR count). The minimum absolute atomic E-state index is 0.0279. The Hall–Kier alpha value is -0.791. The number of carbonyl (C=O) groups excluding carboxylic acids is 1. The Kier molecular flexibility index (Phi) is 3.14. The van der Waals surface area contributed by atoms with Crippen LogP contribution in [0.4, 0.5) is 0 Å². The zero-order valence-electron chi connectivity index (χ0n) is 5.82. The molecule has 0 heterocycles. The molecule has 0 spiro atoms. The van der Waals surface area contributed by atoms with E-state index >= 15 is 0 Å². The maximum atomic E-state index is 10.1. The van der Waals surface area contributed by atoms with Gasteiger partial charge in [0.2, 0.25) is 0 Å². The third kappa shape index (κ3) is 3.21. The van der Waals surface area contributed by atoms with E-state index < -0.39 is 5.97 Å². The van der Waals surface area contributed by atoms with Gasteiger partial charge in [0.25, 0.3) is 0 Å². The molecule has 0 unspecified atom stereocenters. The fourth-order valence-corrected chi connectivity index (χ4v) is 1.99. The van der Waals surface area contributed by atoms with Crippen molar-refractivity contribution in [2.24, 2.45) is 0 Å². The fraction of sp³-hybridized carbons (Fsp3) is 0.125. The molecule has 0 amide bonds. The molecule has 0 saturated carbocycles. The summed E-state index contributed by atoms with van der Waals surface area (Å²) in [5.74, 6) is -0.964. The van der Waals surface area contributed by atoms with Gasteiger partial charge in [-0.2, -0.15) is 0 Å². The van der Waals surface area contributed by atoms with Crippen LogP contribution in [0.2, 0.25) is 5.32 Å². The van der Waals surface area contributed by atoms with E-state index in [2.05, 4.69) is 0 Å². The Bertz CT molecular complexity index is 233. The number of benzene rings is 1. The number of aliphatic carboxylic acids is 1. The predicted octanol–water partition coefficient (Wildman–Crippen LogP) is -0.816. The molecule has 58 valence electrons. The first-order chi connectivity index (χ1) is 5.29. The molecule has 3 heteroatoms.